The van der Waals surface area contributed by atoms with E-state index < -0.39 is 0 Å². The van der Waals surface area contributed by atoms with Gasteiger partial charge in [0.15, 0.2) is 0 Å². The van der Waals surface area contributed by atoms with Gasteiger partial charge in [-0.3, -0.25) is 0 Å². The van der Waals surface area contributed by atoms with Crippen LogP contribution in [-0.2, 0) is 6.54 Å². The van der Waals surface area contributed by atoms with Gasteiger partial charge in [-0.05, 0) is 48.0 Å². The van der Waals surface area contributed by atoms with Gasteiger partial charge in [-0.25, -0.2) is 0 Å². The second-order valence-corrected chi connectivity index (χ2v) is 5.11. The highest BCUT2D eigenvalue weighted by atomic mass is 79.9. The fraction of sp³-hybridized carbons (Fsp3) is 0.143. The maximum absolute atomic E-state index is 5.97. The molecule has 2 aromatic rings. The van der Waals surface area contributed by atoms with Crippen molar-refractivity contribution >= 4 is 33.2 Å². The summed E-state index contributed by atoms with van der Waals surface area (Å²) in [6.07, 6.45) is 0. The lowest BCUT2D eigenvalue weighted by molar-refractivity contribution is 0.415. The number of hydrogen-bond acceptors (Lipinski definition) is 2. The van der Waals surface area contributed by atoms with Crippen molar-refractivity contribution in [2.45, 2.75) is 6.54 Å². The Labute approximate surface area is 120 Å². The number of hydrogen-bond donors (Lipinski definition) is 1. The van der Waals surface area contributed by atoms with E-state index in [0.29, 0.717) is 6.54 Å². The van der Waals surface area contributed by atoms with Crippen molar-refractivity contribution in [1.82, 2.24) is 0 Å². The minimum Gasteiger partial charge on any atom is -0.497 e. The maximum atomic E-state index is 5.97. The number of halogens is 2. The summed E-state index contributed by atoms with van der Waals surface area (Å²) < 4.78 is 6.16. The second kappa shape index (κ2) is 6.12. The molecule has 0 aliphatic heterocycles. The van der Waals surface area contributed by atoms with Crippen LogP contribution in [0.4, 0.5) is 5.69 Å². The molecule has 2 aromatic carbocycles. The van der Waals surface area contributed by atoms with Crippen LogP contribution >= 0.6 is 27.5 Å². The van der Waals surface area contributed by atoms with E-state index in [4.69, 9.17) is 16.3 Å². The molecule has 18 heavy (non-hydrogen) atoms. The summed E-state index contributed by atoms with van der Waals surface area (Å²) in [6, 6.07) is 13.6. The minimum absolute atomic E-state index is 0.716. The van der Waals surface area contributed by atoms with Crippen molar-refractivity contribution in [1.29, 1.82) is 0 Å². The van der Waals surface area contributed by atoms with E-state index in [1.807, 2.05) is 42.5 Å². The van der Waals surface area contributed by atoms with Crippen LogP contribution in [-0.4, -0.2) is 7.11 Å². The highest BCUT2D eigenvalue weighted by Gasteiger charge is 2.01. The SMILES string of the molecule is COc1ccc(NCc2cc(Cl)ccc2Br)cc1. The van der Waals surface area contributed by atoms with Gasteiger partial charge in [0, 0.05) is 21.7 Å². The maximum Gasteiger partial charge on any atom is 0.119 e. The fourth-order valence-electron chi connectivity index (χ4n) is 1.58. The van der Waals surface area contributed by atoms with Crippen LogP contribution in [0.1, 0.15) is 5.56 Å². The molecule has 0 atom stereocenters. The Morgan fingerprint density at radius 1 is 1.17 bits per heavy atom. The predicted molar refractivity (Wildman–Crippen MR) is 79.5 cm³/mol. The smallest absolute Gasteiger partial charge is 0.119 e. The molecule has 0 saturated heterocycles. The molecular weight excluding hydrogens is 314 g/mol. The number of nitrogens with one attached hydrogen (secondary N) is 1. The molecule has 0 spiro atoms. The normalized spacial score (nSPS) is 10.2. The highest BCUT2D eigenvalue weighted by molar-refractivity contribution is 9.10. The molecule has 2 nitrogen and oxygen atoms in total. The highest BCUT2D eigenvalue weighted by Crippen LogP contribution is 2.22. The Balaban J connectivity index is 2.04. The number of anilines is 1. The first-order chi connectivity index (χ1) is 8.69. The quantitative estimate of drug-likeness (QED) is 0.877. The van der Waals surface area contributed by atoms with Gasteiger partial charge in [-0.1, -0.05) is 27.5 Å². The Bertz CT molecular complexity index is 528. The number of ether oxygens (including phenoxy) is 1. The largest absolute Gasteiger partial charge is 0.497 e. The lowest BCUT2D eigenvalue weighted by Crippen LogP contribution is -2.00. The molecule has 1 N–H and O–H groups in total. The Morgan fingerprint density at radius 2 is 1.89 bits per heavy atom. The molecule has 4 heteroatoms. The molecule has 94 valence electrons. The first kappa shape index (κ1) is 13.2. The number of benzene rings is 2. The average Bonchev–Trinajstić information content (AvgIpc) is 2.40. The van der Waals surface area contributed by atoms with Crippen LogP contribution in [0.2, 0.25) is 5.02 Å². The third kappa shape index (κ3) is 3.40. The van der Waals surface area contributed by atoms with E-state index >= 15 is 0 Å². The molecule has 0 saturated carbocycles. The molecule has 0 aliphatic carbocycles. The minimum atomic E-state index is 0.716. The van der Waals surface area contributed by atoms with Gasteiger partial charge in [0.2, 0.25) is 0 Å². The Kier molecular flexibility index (Phi) is 4.50. The van der Waals surface area contributed by atoms with Gasteiger partial charge in [0.25, 0.3) is 0 Å². The average molecular weight is 327 g/mol. The molecular formula is C14H13BrClNO. The van der Waals surface area contributed by atoms with Gasteiger partial charge in [-0.2, -0.15) is 0 Å². The van der Waals surface area contributed by atoms with E-state index in [1.165, 1.54) is 0 Å². The summed E-state index contributed by atoms with van der Waals surface area (Å²) >= 11 is 9.48. The van der Waals surface area contributed by atoms with Crippen LogP contribution in [0.3, 0.4) is 0 Å². The summed E-state index contributed by atoms with van der Waals surface area (Å²) in [5.74, 6) is 0.851. The molecule has 0 heterocycles. The number of methoxy groups -OCH3 is 1. The van der Waals surface area contributed by atoms with Crippen LogP contribution in [0, 0.1) is 0 Å². The van der Waals surface area contributed by atoms with E-state index in [-0.39, 0.29) is 0 Å². The predicted octanol–water partition coefficient (Wildman–Crippen LogP) is 4.72. The van der Waals surface area contributed by atoms with Crippen molar-refractivity contribution in [2.24, 2.45) is 0 Å². The Hall–Kier alpha value is -1.19. The standard InChI is InChI=1S/C14H13BrClNO/c1-18-13-5-3-12(4-6-13)17-9-10-8-11(16)2-7-14(10)15/h2-8,17H,9H2,1H3. The summed E-state index contributed by atoms with van der Waals surface area (Å²) in [7, 11) is 1.66. The zero-order valence-electron chi connectivity index (χ0n) is 9.91. The molecule has 0 aliphatic rings. The van der Waals surface area contributed by atoms with E-state index in [1.54, 1.807) is 7.11 Å². The molecule has 0 radical (unpaired) electrons. The monoisotopic (exact) mass is 325 g/mol. The Morgan fingerprint density at radius 3 is 2.56 bits per heavy atom. The molecule has 2 rings (SSSR count). The van der Waals surface area contributed by atoms with Crippen LogP contribution in [0.25, 0.3) is 0 Å². The summed E-state index contributed by atoms with van der Waals surface area (Å²) in [6.45, 7) is 0.716. The summed E-state index contributed by atoms with van der Waals surface area (Å²) in [5, 5.41) is 4.08. The van der Waals surface area contributed by atoms with E-state index in [0.717, 1.165) is 26.5 Å². The lowest BCUT2D eigenvalue weighted by atomic mass is 10.2. The third-order valence-electron chi connectivity index (χ3n) is 2.58. The van der Waals surface area contributed by atoms with E-state index in [9.17, 15) is 0 Å². The zero-order chi connectivity index (χ0) is 13.0. The topological polar surface area (TPSA) is 21.3 Å². The molecule has 0 unspecified atom stereocenters. The summed E-state index contributed by atoms with van der Waals surface area (Å²) in [4.78, 5) is 0. The lowest BCUT2D eigenvalue weighted by Gasteiger charge is -2.09. The molecule has 0 aromatic heterocycles. The van der Waals surface area contributed by atoms with Gasteiger partial charge < -0.3 is 10.1 Å². The third-order valence-corrected chi connectivity index (χ3v) is 3.59. The second-order valence-electron chi connectivity index (χ2n) is 3.82. The van der Waals surface area contributed by atoms with Crippen LogP contribution in [0.5, 0.6) is 5.75 Å². The van der Waals surface area contributed by atoms with Gasteiger partial charge >= 0.3 is 0 Å². The van der Waals surface area contributed by atoms with Gasteiger partial charge in [-0.15, -0.1) is 0 Å². The fourth-order valence-corrected chi connectivity index (χ4v) is 2.17. The first-order valence-corrected chi connectivity index (χ1v) is 6.68. The zero-order valence-corrected chi connectivity index (χ0v) is 12.3. The summed E-state index contributed by atoms with van der Waals surface area (Å²) in [5.41, 5.74) is 2.17. The van der Waals surface area contributed by atoms with Crippen molar-refractivity contribution in [2.75, 3.05) is 12.4 Å². The van der Waals surface area contributed by atoms with Crippen LogP contribution in [0.15, 0.2) is 46.9 Å². The molecule has 0 fully saturated rings. The number of rotatable bonds is 4. The van der Waals surface area contributed by atoms with Crippen molar-refractivity contribution in [3.8, 4) is 5.75 Å². The van der Waals surface area contributed by atoms with Gasteiger partial charge in [0.05, 0.1) is 7.11 Å². The molecule has 0 amide bonds. The first-order valence-electron chi connectivity index (χ1n) is 5.51. The van der Waals surface area contributed by atoms with E-state index in [2.05, 4.69) is 21.2 Å². The van der Waals surface area contributed by atoms with Crippen molar-refractivity contribution < 1.29 is 4.74 Å². The molecule has 0 bridgehead atoms. The van der Waals surface area contributed by atoms with Crippen molar-refractivity contribution in [3.05, 3.63) is 57.5 Å². The van der Waals surface area contributed by atoms with Crippen LogP contribution < -0.4 is 10.1 Å². The van der Waals surface area contributed by atoms with Crippen molar-refractivity contribution in [3.63, 3.8) is 0 Å². The van der Waals surface area contributed by atoms with Gasteiger partial charge in [0.1, 0.15) is 5.75 Å².